The number of hydrogen-bond donors (Lipinski definition) is 2. The minimum Gasteiger partial charge on any atom is -0.351 e. The fourth-order valence-corrected chi connectivity index (χ4v) is 11.8. The molecule has 7 rings (SSSR count). The quantitative estimate of drug-likeness (QED) is 0.174. The highest BCUT2D eigenvalue weighted by atomic mass is 32.2. The Kier molecular flexibility index (Phi) is 8.21. The number of benzene rings is 2. The minimum absolute atomic E-state index is 0.00411. The monoisotopic (exact) mass is 761 g/mol. The number of anilines is 2. The molecule has 19 heteroatoms. The predicted octanol–water partition coefficient (Wildman–Crippen LogP) is 7.04. The Morgan fingerprint density at radius 1 is 0.980 bits per heavy atom. The van der Waals surface area contributed by atoms with E-state index >= 15 is 4.39 Å². The summed E-state index contributed by atoms with van der Waals surface area (Å²) < 4.78 is 152. The van der Waals surface area contributed by atoms with Crippen molar-refractivity contribution in [1.29, 1.82) is 0 Å². The normalized spacial score (nSPS) is 19.4. The van der Waals surface area contributed by atoms with Gasteiger partial charge in [0.25, 0.3) is 10.0 Å². The summed E-state index contributed by atoms with van der Waals surface area (Å²) in [6.07, 6.45) is -4.80. The van der Waals surface area contributed by atoms with E-state index in [-0.39, 0.29) is 68.6 Å². The molecule has 2 aliphatic carbocycles. The summed E-state index contributed by atoms with van der Waals surface area (Å²) in [6, 6.07) is 6.19. The standard InChI is InChI=1S/C31H26F7N5O4S3/c32-19-6-2-5-18(31(36,37)38)25(19)50(46,47)43-20-7-1-4-17(22(20)33)23-24(48-27(42-23)30(26(34)35)9-3-10-30)21-8-11-39-28(41-21)40-16-12-29(13-16)14-49(44,45)15-29/h1-2,4-8,11,16,26,43H,3,9-10,12-15H2,(H,39,40,41). The van der Waals surface area contributed by atoms with E-state index in [1.165, 1.54) is 24.4 Å². The molecule has 0 amide bonds. The Hall–Kier alpha value is -3.84. The topological polar surface area (TPSA) is 131 Å². The highest BCUT2D eigenvalue weighted by Gasteiger charge is 2.56. The van der Waals surface area contributed by atoms with E-state index in [1.807, 2.05) is 0 Å². The van der Waals surface area contributed by atoms with Crippen molar-refractivity contribution in [2.45, 2.75) is 61.1 Å². The largest absolute Gasteiger partial charge is 0.417 e. The predicted molar refractivity (Wildman–Crippen MR) is 170 cm³/mol. The summed E-state index contributed by atoms with van der Waals surface area (Å²) in [6.45, 7) is 0. The Balaban J connectivity index is 1.26. The molecule has 2 saturated carbocycles. The smallest absolute Gasteiger partial charge is 0.351 e. The molecule has 50 heavy (non-hydrogen) atoms. The number of rotatable bonds is 9. The zero-order chi connectivity index (χ0) is 35.9. The number of sulfonamides is 1. The van der Waals surface area contributed by atoms with E-state index in [0.29, 0.717) is 37.5 Å². The second-order valence-electron chi connectivity index (χ2n) is 12.9. The molecule has 9 nitrogen and oxygen atoms in total. The van der Waals surface area contributed by atoms with Crippen LogP contribution in [0.15, 0.2) is 53.6 Å². The fraction of sp³-hybridized carbons (Fsp3) is 0.387. The summed E-state index contributed by atoms with van der Waals surface area (Å²) in [5.41, 5.74) is -4.91. The first-order chi connectivity index (χ1) is 23.4. The molecule has 1 saturated heterocycles. The molecule has 3 aliphatic rings. The van der Waals surface area contributed by atoms with Gasteiger partial charge >= 0.3 is 6.18 Å². The van der Waals surface area contributed by atoms with Crippen LogP contribution >= 0.6 is 11.3 Å². The van der Waals surface area contributed by atoms with Gasteiger partial charge in [-0.25, -0.2) is 49.3 Å². The molecule has 1 spiro atoms. The second kappa shape index (κ2) is 11.9. The molecule has 4 aromatic rings. The maximum atomic E-state index is 16.3. The van der Waals surface area contributed by atoms with Gasteiger partial charge in [-0.15, -0.1) is 11.3 Å². The zero-order valence-corrected chi connectivity index (χ0v) is 28.0. The van der Waals surface area contributed by atoms with Gasteiger partial charge in [0, 0.05) is 23.2 Å². The molecule has 3 heterocycles. The summed E-state index contributed by atoms with van der Waals surface area (Å²) in [5, 5.41) is 3.14. The molecular formula is C31H26F7N5O4S3. The van der Waals surface area contributed by atoms with Gasteiger partial charge in [0.15, 0.2) is 15.7 Å². The average Bonchev–Trinajstić information content (AvgIpc) is 3.40. The lowest BCUT2D eigenvalue weighted by molar-refractivity contribution is -0.140. The molecule has 2 aromatic heterocycles. The summed E-state index contributed by atoms with van der Waals surface area (Å²) >= 11 is 0.854. The number of nitrogens with one attached hydrogen (secondary N) is 2. The van der Waals surface area contributed by atoms with Gasteiger partial charge in [0.2, 0.25) is 12.4 Å². The molecular weight excluding hydrogens is 736 g/mol. The van der Waals surface area contributed by atoms with Crippen molar-refractivity contribution in [2.24, 2.45) is 5.41 Å². The average molecular weight is 762 g/mol. The van der Waals surface area contributed by atoms with Crippen LogP contribution in [0.5, 0.6) is 0 Å². The number of halogens is 7. The minimum atomic E-state index is -5.36. The van der Waals surface area contributed by atoms with E-state index in [0.717, 1.165) is 17.4 Å². The van der Waals surface area contributed by atoms with E-state index in [9.17, 15) is 43.2 Å². The number of aromatic nitrogens is 3. The van der Waals surface area contributed by atoms with Crippen LogP contribution in [-0.4, -0.2) is 55.8 Å². The third kappa shape index (κ3) is 5.99. The van der Waals surface area contributed by atoms with Crippen LogP contribution in [0.4, 0.5) is 42.4 Å². The molecule has 2 N–H and O–H groups in total. The van der Waals surface area contributed by atoms with Gasteiger partial charge in [0.05, 0.1) is 44.4 Å². The van der Waals surface area contributed by atoms with Crippen molar-refractivity contribution >= 4 is 42.8 Å². The van der Waals surface area contributed by atoms with Gasteiger partial charge in [0.1, 0.15) is 15.7 Å². The van der Waals surface area contributed by atoms with Gasteiger partial charge in [-0.3, -0.25) is 4.72 Å². The molecule has 266 valence electrons. The van der Waals surface area contributed by atoms with Crippen LogP contribution < -0.4 is 10.0 Å². The molecule has 1 aliphatic heterocycles. The number of sulfone groups is 1. The van der Waals surface area contributed by atoms with E-state index < -0.39 is 65.7 Å². The van der Waals surface area contributed by atoms with E-state index in [2.05, 4.69) is 20.3 Å². The lowest BCUT2D eigenvalue weighted by Crippen LogP contribution is -2.60. The maximum Gasteiger partial charge on any atom is 0.417 e. The van der Waals surface area contributed by atoms with Crippen LogP contribution in [0.2, 0.25) is 0 Å². The van der Waals surface area contributed by atoms with Crippen LogP contribution in [0, 0.1) is 17.0 Å². The summed E-state index contributed by atoms with van der Waals surface area (Å²) in [5.74, 6) is -2.65. The Bertz CT molecular complexity index is 2210. The van der Waals surface area contributed by atoms with Gasteiger partial charge in [-0.05, 0) is 56.0 Å². The maximum absolute atomic E-state index is 16.3. The van der Waals surface area contributed by atoms with E-state index in [4.69, 9.17) is 0 Å². The first-order valence-corrected chi connectivity index (χ1v) is 19.3. The number of thiazole rings is 1. The van der Waals surface area contributed by atoms with Crippen LogP contribution in [0.25, 0.3) is 21.8 Å². The molecule has 0 radical (unpaired) electrons. The lowest BCUT2D eigenvalue weighted by atomic mass is 9.67. The van der Waals surface area contributed by atoms with E-state index in [1.54, 1.807) is 4.72 Å². The van der Waals surface area contributed by atoms with Crippen molar-refractivity contribution in [2.75, 3.05) is 21.5 Å². The van der Waals surface area contributed by atoms with Crippen LogP contribution in [0.3, 0.4) is 0 Å². The molecule has 2 aromatic carbocycles. The third-order valence-corrected chi connectivity index (χ3v) is 14.2. The highest BCUT2D eigenvalue weighted by Crippen LogP contribution is 2.53. The molecule has 0 bridgehead atoms. The van der Waals surface area contributed by atoms with Crippen molar-refractivity contribution in [3.8, 4) is 21.8 Å². The number of alkyl halides is 5. The van der Waals surface area contributed by atoms with Crippen molar-refractivity contribution in [3.05, 3.63) is 70.9 Å². The van der Waals surface area contributed by atoms with Gasteiger partial charge < -0.3 is 5.32 Å². The second-order valence-corrected chi connectivity index (χ2v) is 17.6. The Labute approximate surface area is 285 Å². The van der Waals surface area contributed by atoms with Gasteiger partial charge in [-0.2, -0.15) is 13.2 Å². The highest BCUT2D eigenvalue weighted by molar-refractivity contribution is 7.93. The summed E-state index contributed by atoms with van der Waals surface area (Å²) in [4.78, 5) is 11.6. The zero-order valence-electron chi connectivity index (χ0n) is 25.6. The SMILES string of the molecule is O=S1(=O)CC2(CC(Nc3nccc(-c4sc(C5(C(F)F)CCC5)nc4-c4cccc(NS(=O)(=O)c5c(F)cccc5C(F)(F)F)c4F)n3)C2)C1. The van der Waals surface area contributed by atoms with Crippen molar-refractivity contribution in [1.82, 2.24) is 15.0 Å². The number of hydrogen-bond acceptors (Lipinski definition) is 9. The van der Waals surface area contributed by atoms with Crippen molar-refractivity contribution < 1.29 is 47.6 Å². The first kappa shape index (κ1) is 34.6. The molecule has 3 fully saturated rings. The van der Waals surface area contributed by atoms with Gasteiger partial charge in [-0.1, -0.05) is 18.6 Å². The van der Waals surface area contributed by atoms with Crippen molar-refractivity contribution in [3.63, 3.8) is 0 Å². The Morgan fingerprint density at radius 2 is 1.68 bits per heavy atom. The fourth-order valence-electron chi connectivity index (χ4n) is 6.92. The van der Waals surface area contributed by atoms with Crippen LogP contribution in [-0.2, 0) is 31.5 Å². The molecule has 0 atom stereocenters. The third-order valence-electron chi connectivity index (χ3n) is 9.39. The summed E-state index contributed by atoms with van der Waals surface area (Å²) in [7, 11) is -8.38. The van der Waals surface area contributed by atoms with Crippen LogP contribution in [0.1, 0.15) is 42.7 Å². The molecule has 0 unspecified atom stereocenters. The number of nitrogens with zero attached hydrogens (tertiary/aromatic N) is 3. The first-order valence-electron chi connectivity index (χ1n) is 15.2. The Morgan fingerprint density at radius 3 is 2.30 bits per heavy atom. The lowest BCUT2D eigenvalue weighted by Gasteiger charge is -2.53.